The lowest BCUT2D eigenvalue weighted by molar-refractivity contribution is 0.628. The molecule has 0 radical (unpaired) electrons. The highest BCUT2D eigenvalue weighted by Crippen LogP contribution is 2.25. The minimum atomic E-state index is -0.313. The third kappa shape index (κ3) is 3.34. The number of nitrogens with one attached hydrogen (secondary N) is 1. The highest BCUT2D eigenvalue weighted by atomic mass is 32.1. The summed E-state index contributed by atoms with van der Waals surface area (Å²) in [5, 5.41) is 5.75. The molecule has 1 aromatic carbocycles. The summed E-state index contributed by atoms with van der Waals surface area (Å²) < 4.78 is 14.6. The first kappa shape index (κ1) is 17.4. The van der Waals surface area contributed by atoms with Crippen molar-refractivity contribution in [2.24, 2.45) is 0 Å². The third-order valence-corrected chi connectivity index (χ3v) is 5.47. The van der Waals surface area contributed by atoms with Gasteiger partial charge in [0, 0.05) is 47.6 Å². The van der Waals surface area contributed by atoms with Crippen LogP contribution in [-0.4, -0.2) is 24.6 Å². The average molecular weight is 403 g/mol. The Labute approximate surface area is 168 Å². The number of rotatable bonds is 4. The number of thiazole rings is 1. The molecule has 4 heterocycles. The second-order valence-corrected chi connectivity index (χ2v) is 7.36. The first-order chi connectivity index (χ1) is 14.2. The largest absolute Gasteiger partial charge is 0.296 e. The normalized spacial score (nSPS) is 11.2. The third-order valence-electron chi connectivity index (χ3n) is 4.53. The maximum absolute atomic E-state index is 13.2. The summed E-state index contributed by atoms with van der Waals surface area (Å²) in [6, 6.07) is 11.4. The second-order valence-electron chi connectivity index (χ2n) is 6.50. The standard InChI is InChI=1S/C21H14FN5OS/c22-15-5-3-13(4-6-15)18-11-24-27-19(28)9-16(25-20(18)27)8-17-12-29-21(26-17)14-2-1-7-23-10-14/h1-7,9-12,24H,8H2. The van der Waals surface area contributed by atoms with Gasteiger partial charge in [0.15, 0.2) is 5.65 Å². The maximum Gasteiger partial charge on any atom is 0.272 e. The average Bonchev–Trinajstić information content (AvgIpc) is 3.37. The maximum atomic E-state index is 13.2. The lowest BCUT2D eigenvalue weighted by Gasteiger charge is -2.02. The van der Waals surface area contributed by atoms with Crippen molar-refractivity contribution in [2.45, 2.75) is 6.42 Å². The number of benzene rings is 1. The van der Waals surface area contributed by atoms with E-state index in [0.717, 1.165) is 27.4 Å². The molecule has 0 aliphatic rings. The van der Waals surface area contributed by atoms with Crippen LogP contribution in [0.5, 0.6) is 0 Å². The van der Waals surface area contributed by atoms with Crippen LogP contribution in [0.2, 0.25) is 0 Å². The van der Waals surface area contributed by atoms with E-state index in [1.807, 2.05) is 17.5 Å². The number of fused-ring (bicyclic) bond motifs is 1. The van der Waals surface area contributed by atoms with Crippen LogP contribution in [0.1, 0.15) is 11.4 Å². The van der Waals surface area contributed by atoms with Crippen molar-refractivity contribution in [1.29, 1.82) is 0 Å². The van der Waals surface area contributed by atoms with Gasteiger partial charge in [0.1, 0.15) is 10.8 Å². The molecule has 29 heavy (non-hydrogen) atoms. The van der Waals surface area contributed by atoms with Gasteiger partial charge in [-0.1, -0.05) is 12.1 Å². The predicted molar refractivity (Wildman–Crippen MR) is 109 cm³/mol. The molecule has 142 valence electrons. The van der Waals surface area contributed by atoms with E-state index in [1.54, 1.807) is 30.7 Å². The molecule has 0 aliphatic carbocycles. The molecule has 4 aromatic heterocycles. The van der Waals surface area contributed by atoms with E-state index in [1.165, 1.54) is 34.1 Å². The summed E-state index contributed by atoms with van der Waals surface area (Å²) in [6.07, 6.45) is 5.63. The van der Waals surface area contributed by atoms with E-state index in [-0.39, 0.29) is 11.4 Å². The molecule has 1 N–H and O–H groups in total. The van der Waals surface area contributed by atoms with Gasteiger partial charge in [0.25, 0.3) is 5.56 Å². The number of nitrogens with zero attached hydrogens (tertiary/aromatic N) is 4. The molecule has 5 aromatic rings. The summed E-state index contributed by atoms with van der Waals surface area (Å²) >= 11 is 1.53. The summed E-state index contributed by atoms with van der Waals surface area (Å²) in [6.45, 7) is 0. The number of aromatic amines is 1. The zero-order valence-corrected chi connectivity index (χ0v) is 15.9. The lowest BCUT2D eigenvalue weighted by atomic mass is 10.1. The van der Waals surface area contributed by atoms with Gasteiger partial charge < -0.3 is 0 Å². The Bertz CT molecular complexity index is 1360. The fourth-order valence-electron chi connectivity index (χ4n) is 3.16. The lowest BCUT2D eigenvalue weighted by Crippen LogP contribution is -2.15. The molecule has 0 spiro atoms. The first-order valence-electron chi connectivity index (χ1n) is 8.88. The molecule has 0 fully saturated rings. The number of halogens is 1. The van der Waals surface area contributed by atoms with E-state index >= 15 is 0 Å². The molecular weight excluding hydrogens is 389 g/mol. The SMILES string of the molecule is O=c1cc(Cc2csc(-c3cccnc3)n2)nc2c(-c3ccc(F)cc3)c[nH]n12. The van der Waals surface area contributed by atoms with Crippen molar-refractivity contribution in [3.05, 3.63) is 94.0 Å². The van der Waals surface area contributed by atoms with Crippen molar-refractivity contribution >= 4 is 17.0 Å². The van der Waals surface area contributed by atoms with Crippen LogP contribution in [0.25, 0.3) is 27.3 Å². The number of hydrogen-bond acceptors (Lipinski definition) is 5. The van der Waals surface area contributed by atoms with Crippen LogP contribution in [-0.2, 0) is 6.42 Å². The molecule has 0 amide bonds. The molecular formula is C21H14FN5OS. The molecule has 0 saturated carbocycles. The second kappa shape index (κ2) is 7.06. The van der Waals surface area contributed by atoms with Crippen LogP contribution in [0.3, 0.4) is 0 Å². The highest BCUT2D eigenvalue weighted by Gasteiger charge is 2.13. The number of hydrogen-bond donors (Lipinski definition) is 1. The summed E-state index contributed by atoms with van der Waals surface area (Å²) in [7, 11) is 0. The predicted octanol–water partition coefficient (Wildman–Crippen LogP) is 3.94. The van der Waals surface area contributed by atoms with Crippen LogP contribution < -0.4 is 5.56 Å². The smallest absolute Gasteiger partial charge is 0.272 e. The van der Waals surface area contributed by atoms with Crippen molar-refractivity contribution < 1.29 is 4.39 Å². The van der Waals surface area contributed by atoms with Gasteiger partial charge in [-0.2, -0.15) is 0 Å². The van der Waals surface area contributed by atoms with Gasteiger partial charge in [0.2, 0.25) is 0 Å². The molecule has 0 bridgehead atoms. The van der Waals surface area contributed by atoms with Gasteiger partial charge in [-0.15, -0.1) is 11.3 Å². The summed E-state index contributed by atoms with van der Waals surface area (Å²) in [5.41, 5.74) is 4.23. The van der Waals surface area contributed by atoms with Crippen LogP contribution in [0.4, 0.5) is 4.39 Å². The number of H-pyrrole nitrogens is 1. The Morgan fingerprint density at radius 3 is 2.72 bits per heavy atom. The molecule has 8 heteroatoms. The molecule has 0 atom stereocenters. The van der Waals surface area contributed by atoms with Gasteiger partial charge in [-0.25, -0.2) is 18.9 Å². The van der Waals surface area contributed by atoms with Gasteiger partial charge in [-0.05, 0) is 29.8 Å². The summed E-state index contributed by atoms with van der Waals surface area (Å²) in [4.78, 5) is 25.9. The highest BCUT2D eigenvalue weighted by molar-refractivity contribution is 7.13. The molecule has 6 nitrogen and oxygen atoms in total. The van der Waals surface area contributed by atoms with E-state index in [0.29, 0.717) is 17.8 Å². The number of aromatic nitrogens is 5. The van der Waals surface area contributed by atoms with Crippen LogP contribution in [0.15, 0.2) is 71.2 Å². The van der Waals surface area contributed by atoms with Crippen LogP contribution >= 0.6 is 11.3 Å². The Balaban J connectivity index is 1.51. The van der Waals surface area contributed by atoms with E-state index in [2.05, 4.69) is 20.1 Å². The van der Waals surface area contributed by atoms with E-state index in [4.69, 9.17) is 0 Å². The zero-order chi connectivity index (χ0) is 19.8. The topological polar surface area (TPSA) is 75.9 Å². The van der Waals surface area contributed by atoms with E-state index in [9.17, 15) is 9.18 Å². The monoisotopic (exact) mass is 403 g/mol. The first-order valence-corrected chi connectivity index (χ1v) is 9.76. The van der Waals surface area contributed by atoms with E-state index < -0.39 is 0 Å². The van der Waals surface area contributed by atoms with Crippen molar-refractivity contribution in [2.75, 3.05) is 0 Å². The Morgan fingerprint density at radius 2 is 1.93 bits per heavy atom. The Morgan fingerprint density at radius 1 is 1.07 bits per heavy atom. The fraction of sp³-hybridized carbons (Fsp3) is 0.0476. The number of pyridine rings is 1. The zero-order valence-electron chi connectivity index (χ0n) is 15.0. The van der Waals surface area contributed by atoms with Crippen molar-refractivity contribution in [3.8, 4) is 21.7 Å². The van der Waals surface area contributed by atoms with Crippen LogP contribution in [0, 0.1) is 5.82 Å². The molecule has 0 aliphatic heterocycles. The Kier molecular flexibility index (Phi) is 4.25. The molecule has 0 saturated heterocycles. The molecule has 5 rings (SSSR count). The van der Waals surface area contributed by atoms with Crippen molar-refractivity contribution in [1.82, 2.24) is 24.6 Å². The Hall–Kier alpha value is -3.65. The summed E-state index contributed by atoms with van der Waals surface area (Å²) in [5.74, 6) is -0.313. The van der Waals surface area contributed by atoms with Gasteiger partial charge in [-0.3, -0.25) is 14.9 Å². The minimum absolute atomic E-state index is 0.207. The van der Waals surface area contributed by atoms with Gasteiger partial charge in [0.05, 0.1) is 11.4 Å². The quantitative estimate of drug-likeness (QED) is 0.493. The minimum Gasteiger partial charge on any atom is -0.296 e. The fourth-order valence-corrected chi connectivity index (χ4v) is 3.97. The van der Waals surface area contributed by atoms with Crippen molar-refractivity contribution in [3.63, 3.8) is 0 Å². The molecule has 0 unspecified atom stereocenters. The van der Waals surface area contributed by atoms with Gasteiger partial charge >= 0.3 is 0 Å².